The van der Waals surface area contributed by atoms with Crippen LogP contribution in [0.5, 0.6) is 11.5 Å². The van der Waals surface area contributed by atoms with Crippen molar-refractivity contribution in [2.75, 3.05) is 0 Å². The Morgan fingerprint density at radius 3 is 0.913 bits per heavy atom. The zero-order valence-electron chi connectivity index (χ0n) is 30.2. The van der Waals surface area contributed by atoms with Crippen molar-refractivity contribution in [1.82, 2.24) is 0 Å². The smallest absolute Gasteiger partial charge is 0.123 e. The Morgan fingerprint density at radius 2 is 0.652 bits per heavy atom. The van der Waals surface area contributed by atoms with E-state index in [0.717, 1.165) is 35.1 Å². The standard InChI is InChI=1S/C44H54O2/c1-41(2,3)35-23-33(24-36(39(35)45)42(4,5)6)31-18-16-29(21-31)27-14-13-15-28(20-27)30-17-19-32(22-30)34-25-37(43(7,8)9)40(46)38(26-34)44(10,11)12/h13-20,23-26,45-46H,21-22H2,1-12H3. The lowest BCUT2D eigenvalue weighted by Crippen LogP contribution is -2.17. The molecule has 2 heteroatoms. The summed E-state index contributed by atoms with van der Waals surface area (Å²) >= 11 is 0. The highest BCUT2D eigenvalue weighted by Crippen LogP contribution is 2.45. The van der Waals surface area contributed by atoms with Gasteiger partial charge < -0.3 is 10.2 Å². The summed E-state index contributed by atoms with van der Waals surface area (Å²) in [6, 6.07) is 17.7. The van der Waals surface area contributed by atoms with Crippen molar-refractivity contribution in [3.8, 4) is 11.5 Å². The fourth-order valence-electron chi connectivity index (χ4n) is 6.69. The summed E-state index contributed by atoms with van der Waals surface area (Å²) in [6.45, 7) is 26.0. The predicted molar refractivity (Wildman–Crippen MR) is 199 cm³/mol. The first kappa shape index (κ1) is 33.6. The zero-order chi connectivity index (χ0) is 34.0. The van der Waals surface area contributed by atoms with Gasteiger partial charge >= 0.3 is 0 Å². The molecule has 5 rings (SSSR count). The van der Waals surface area contributed by atoms with Crippen molar-refractivity contribution in [3.63, 3.8) is 0 Å². The van der Waals surface area contributed by atoms with Crippen LogP contribution in [0.4, 0.5) is 0 Å². The number of hydrogen-bond acceptors (Lipinski definition) is 2. The lowest BCUT2D eigenvalue weighted by Gasteiger charge is -2.28. The maximum Gasteiger partial charge on any atom is 0.123 e. The van der Waals surface area contributed by atoms with Crippen LogP contribution in [0.25, 0.3) is 22.3 Å². The Balaban J connectivity index is 1.38. The van der Waals surface area contributed by atoms with Crippen LogP contribution in [-0.4, -0.2) is 10.2 Å². The first-order valence-corrected chi connectivity index (χ1v) is 16.8. The van der Waals surface area contributed by atoms with Crippen LogP contribution >= 0.6 is 0 Å². The Bertz CT molecular complexity index is 1610. The molecule has 46 heavy (non-hydrogen) atoms. The molecule has 0 atom stereocenters. The van der Waals surface area contributed by atoms with Crippen molar-refractivity contribution in [3.05, 3.63) is 117 Å². The van der Waals surface area contributed by atoms with E-state index in [1.54, 1.807) is 0 Å². The quantitative estimate of drug-likeness (QED) is 0.307. The van der Waals surface area contributed by atoms with E-state index >= 15 is 0 Å². The van der Waals surface area contributed by atoms with E-state index < -0.39 is 0 Å². The average Bonchev–Trinajstić information content (AvgIpc) is 3.62. The van der Waals surface area contributed by atoms with Gasteiger partial charge in [-0.25, -0.2) is 0 Å². The van der Waals surface area contributed by atoms with Crippen molar-refractivity contribution < 1.29 is 10.2 Å². The van der Waals surface area contributed by atoms with Gasteiger partial charge in [-0.05, 0) is 109 Å². The van der Waals surface area contributed by atoms with Gasteiger partial charge in [0.05, 0.1) is 0 Å². The van der Waals surface area contributed by atoms with Crippen LogP contribution in [0.1, 0.15) is 140 Å². The van der Waals surface area contributed by atoms with Crippen molar-refractivity contribution in [2.24, 2.45) is 0 Å². The first-order valence-electron chi connectivity index (χ1n) is 16.8. The average molecular weight is 615 g/mol. The topological polar surface area (TPSA) is 40.5 Å². The number of allylic oxidation sites excluding steroid dienone is 8. The molecule has 0 saturated heterocycles. The van der Waals surface area contributed by atoms with Crippen LogP contribution in [-0.2, 0) is 21.7 Å². The zero-order valence-corrected chi connectivity index (χ0v) is 30.2. The molecule has 3 aromatic carbocycles. The van der Waals surface area contributed by atoms with Crippen LogP contribution in [0.15, 0.2) is 72.8 Å². The van der Waals surface area contributed by atoms with E-state index in [1.807, 2.05) is 0 Å². The van der Waals surface area contributed by atoms with Crippen LogP contribution < -0.4 is 0 Å². The van der Waals surface area contributed by atoms with Gasteiger partial charge in [0, 0.05) is 22.3 Å². The molecule has 0 aromatic heterocycles. The molecule has 2 N–H and O–H groups in total. The molecule has 0 bridgehead atoms. The summed E-state index contributed by atoms with van der Waals surface area (Å²) in [5, 5.41) is 22.5. The third kappa shape index (κ3) is 6.68. The Morgan fingerprint density at radius 1 is 0.391 bits per heavy atom. The van der Waals surface area contributed by atoms with Gasteiger partial charge in [-0.2, -0.15) is 0 Å². The molecular weight excluding hydrogens is 560 g/mol. The van der Waals surface area contributed by atoms with E-state index in [-0.39, 0.29) is 21.7 Å². The Labute approximate surface area is 278 Å². The third-order valence-corrected chi connectivity index (χ3v) is 9.53. The van der Waals surface area contributed by atoms with Crippen molar-refractivity contribution >= 4 is 22.3 Å². The van der Waals surface area contributed by atoms with Crippen molar-refractivity contribution in [1.29, 1.82) is 0 Å². The van der Waals surface area contributed by atoms with E-state index in [9.17, 15) is 10.2 Å². The minimum absolute atomic E-state index is 0.158. The fourth-order valence-corrected chi connectivity index (χ4v) is 6.69. The molecular formula is C44H54O2. The van der Waals surface area contributed by atoms with Crippen LogP contribution in [0, 0.1) is 0 Å². The van der Waals surface area contributed by atoms with Gasteiger partial charge in [-0.1, -0.05) is 126 Å². The number of hydrogen-bond donors (Lipinski definition) is 2. The van der Waals surface area contributed by atoms with E-state index in [0.29, 0.717) is 11.5 Å². The summed E-state index contributed by atoms with van der Waals surface area (Å²) in [7, 11) is 0. The minimum Gasteiger partial charge on any atom is -0.507 e. The van der Waals surface area contributed by atoms with Gasteiger partial charge in [-0.3, -0.25) is 0 Å². The minimum atomic E-state index is -0.158. The molecule has 3 aromatic rings. The van der Waals surface area contributed by atoms with Gasteiger partial charge in [0.25, 0.3) is 0 Å². The first-order chi connectivity index (χ1) is 21.1. The molecule has 2 aliphatic carbocycles. The van der Waals surface area contributed by atoms with Crippen LogP contribution in [0.2, 0.25) is 0 Å². The number of phenolic OH excluding ortho intramolecular Hbond substituents is 2. The van der Waals surface area contributed by atoms with Gasteiger partial charge in [0.15, 0.2) is 0 Å². The molecule has 242 valence electrons. The monoisotopic (exact) mass is 614 g/mol. The maximum absolute atomic E-state index is 11.2. The van der Waals surface area contributed by atoms with E-state index in [4.69, 9.17) is 0 Å². The third-order valence-electron chi connectivity index (χ3n) is 9.53. The van der Waals surface area contributed by atoms with Gasteiger partial charge in [0.2, 0.25) is 0 Å². The highest BCUT2D eigenvalue weighted by Gasteiger charge is 2.29. The molecule has 0 radical (unpaired) electrons. The molecule has 0 saturated carbocycles. The molecule has 2 aliphatic rings. The summed E-state index contributed by atoms with van der Waals surface area (Å²) in [5.74, 6) is 0.857. The number of benzene rings is 3. The lowest BCUT2D eigenvalue weighted by atomic mass is 9.77. The second-order valence-electron chi connectivity index (χ2n) is 17.5. The number of phenols is 2. The molecule has 0 heterocycles. The summed E-state index contributed by atoms with van der Waals surface area (Å²) in [6.07, 6.45) is 10.8. The summed E-state index contributed by atoms with van der Waals surface area (Å²) in [4.78, 5) is 0. The Hall–Kier alpha value is -3.78. The number of aromatic hydroxyl groups is 2. The highest BCUT2D eigenvalue weighted by molar-refractivity contribution is 5.90. The summed E-state index contributed by atoms with van der Waals surface area (Å²) in [5.41, 5.74) is 13.5. The molecule has 0 fully saturated rings. The molecule has 0 unspecified atom stereocenters. The normalized spacial score (nSPS) is 15.9. The molecule has 0 amide bonds. The SMILES string of the molecule is CC(C)(C)c1cc(C2=CC=C(c3cccc(C4=CC=C(c5cc(C(C)(C)C)c(O)c(C(C)(C)C)c5)C4)c3)C2)cc(C(C)(C)C)c1O. The predicted octanol–water partition coefficient (Wildman–Crippen LogP) is 12.0. The van der Waals surface area contributed by atoms with Crippen molar-refractivity contribution in [2.45, 2.75) is 118 Å². The molecule has 0 aliphatic heterocycles. The van der Waals surface area contributed by atoms with E-state index in [1.165, 1.54) is 44.5 Å². The molecule has 2 nitrogen and oxygen atoms in total. The van der Waals surface area contributed by atoms with Crippen LogP contribution in [0.3, 0.4) is 0 Å². The Kier molecular flexibility index (Phi) is 8.38. The maximum atomic E-state index is 11.2. The second kappa shape index (κ2) is 11.5. The second-order valence-corrected chi connectivity index (χ2v) is 17.5. The summed E-state index contributed by atoms with van der Waals surface area (Å²) < 4.78 is 0. The number of rotatable bonds is 4. The largest absolute Gasteiger partial charge is 0.507 e. The van der Waals surface area contributed by atoms with Gasteiger partial charge in [-0.15, -0.1) is 0 Å². The van der Waals surface area contributed by atoms with Gasteiger partial charge in [0.1, 0.15) is 11.5 Å². The highest BCUT2D eigenvalue weighted by atomic mass is 16.3. The lowest BCUT2D eigenvalue weighted by molar-refractivity contribution is 0.422. The fraction of sp³-hybridized carbons (Fsp3) is 0.409. The molecule has 0 spiro atoms. The van der Waals surface area contributed by atoms with E-state index in [2.05, 4.69) is 156 Å².